The molecular formula is C25H33N3O3. The van der Waals surface area contributed by atoms with Crippen LogP contribution in [0.25, 0.3) is 0 Å². The van der Waals surface area contributed by atoms with E-state index in [4.69, 9.17) is 9.47 Å². The van der Waals surface area contributed by atoms with Crippen molar-refractivity contribution in [2.24, 2.45) is 0 Å². The molecule has 0 saturated carbocycles. The number of hydrogen-bond acceptors (Lipinski definition) is 5. The Morgan fingerprint density at radius 3 is 2.61 bits per heavy atom. The van der Waals surface area contributed by atoms with E-state index in [1.165, 1.54) is 36.1 Å². The summed E-state index contributed by atoms with van der Waals surface area (Å²) in [6, 6.07) is 14.4. The summed E-state index contributed by atoms with van der Waals surface area (Å²) < 4.78 is 11.0. The van der Waals surface area contributed by atoms with Crippen LogP contribution in [0, 0.1) is 0 Å². The van der Waals surface area contributed by atoms with E-state index in [0.29, 0.717) is 18.0 Å². The van der Waals surface area contributed by atoms with Crippen LogP contribution in [0.2, 0.25) is 0 Å². The Morgan fingerprint density at radius 1 is 1.06 bits per heavy atom. The SMILES string of the molecule is COc1ccccc1OCC(=O)NCC(c1ccc2c(c1)CCCN2C)N1CCCC1. The monoisotopic (exact) mass is 423 g/mol. The van der Waals surface area contributed by atoms with Gasteiger partial charge in [-0.05, 0) is 68.1 Å². The highest BCUT2D eigenvalue weighted by Crippen LogP contribution is 2.32. The first-order valence-corrected chi connectivity index (χ1v) is 11.3. The molecule has 1 N–H and O–H groups in total. The number of ether oxygens (including phenoxy) is 2. The number of fused-ring (bicyclic) bond motifs is 1. The van der Waals surface area contributed by atoms with Crippen molar-refractivity contribution < 1.29 is 14.3 Å². The molecule has 0 aromatic heterocycles. The molecule has 2 aliphatic rings. The molecule has 0 bridgehead atoms. The molecule has 0 spiro atoms. The zero-order valence-electron chi connectivity index (χ0n) is 18.6. The number of aryl methyl sites for hydroxylation is 1. The summed E-state index contributed by atoms with van der Waals surface area (Å²) >= 11 is 0. The molecule has 0 aliphatic carbocycles. The summed E-state index contributed by atoms with van der Waals surface area (Å²) in [4.78, 5) is 17.4. The van der Waals surface area contributed by atoms with Gasteiger partial charge in [-0.25, -0.2) is 0 Å². The van der Waals surface area contributed by atoms with Gasteiger partial charge in [0.15, 0.2) is 18.1 Å². The van der Waals surface area contributed by atoms with E-state index in [2.05, 4.69) is 40.4 Å². The molecule has 6 heteroatoms. The van der Waals surface area contributed by atoms with Crippen molar-refractivity contribution in [3.05, 3.63) is 53.6 Å². The molecule has 166 valence electrons. The average molecular weight is 424 g/mol. The van der Waals surface area contributed by atoms with Crippen LogP contribution in [0.1, 0.15) is 36.4 Å². The fraction of sp³-hybridized carbons (Fsp3) is 0.480. The Labute approximate surface area is 185 Å². The smallest absolute Gasteiger partial charge is 0.258 e. The van der Waals surface area contributed by atoms with E-state index in [0.717, 1.165) is 26.1 Å². The van der Waals surface area contributed by atoms with Gasteiger partial charge in [0.1, 0.15) is 0 Å². The molecule has 2 aliphatic heterocycles. The Balaban J connectivity index is 1.41. The Bertz CT molecular complexity index is 895. The quantitative estimate of drug-likeness (QED) is 0.705. The second-order valence-electron chi connectivity index (χ2n) is 8.42. The van der Waals surface area contributed by atoms with Crippen molar-refractivity contribution in [2.75, 3.05) is 51.8 Å². The molecule has 2 heterocycles. The van der Waals surface area contributed by atoms with Gasteiger partial charge in [-0.2, -0.15) is 0 Å². The van der Waals surface area contributed by atoms with Gasteiger partial charge in [0.25, 0.3) is 5.91 Å². The zero-order chi connectivity index (χ0) is 21.6. The lowest BCUT2D eigenvalue weighted by Crippen LogP contribution is -2.38. The van der Waals surface area contributed by atoms with E-state index in [1.54, 1.807) is 7.11 Å². The third-order valence-corrected chi connectivity index (χ3v) is 6.34. The van der Waals surface area contributed by atoms with E-state index in [1.807, 2.05) is 24.3 Å². The van der Waals surface area contributed by atoms with Crippen LogP contribution in [0.3, 0.4) is 0 Å². The van der Waals surface area contributed by atoms with Crippen LogP contribution >= 0.6 is 0 Å². The lowest BCUT2D eigenvalue weighted by atomic mass is 9.96. The molecule has 1 unspecified atom stereocenters. The predicted molar refractivity (Wildman–Crippen MR) is 123 cm³/mol. The van der Waals surface area contributed by atoms with Crippen molar-refractivity contribution in [3.8, 4) is 11.5 Å². The minimum atomic E-state index is -0.118. The predicted octanol–water partition coefficient (Wildman–Crippen LogP) is 3.41. The topological polar surface area (TPSA) is 54.0 Å². The van der Waals surface area contributed by atoms with Gasteiger partial charge >= 0.3 is 0 Å². The molecule has 1 atom stereocenters. The van der Waals surface area contributed by atoms with Gasteiger partial charge in [0, 0.05) is 25.8 Å². The molecule has 2 aromatic rings. The average Bonchev–Trinajstić information content (AvgIpc) is 3.33. The van der Waals surface area contributed by atoms with Crippen LogP contribution in [-0.4, -0.2) is 57.8 Å². The van der Waals surface area contributed by atoms with E-state index >= 15 is 0 Å². The van der Waals surface area contributed by atoms with Crippen LogP contribution in [-0.2, 0) is 11.2 Å². The number of carbonyl (C=O) groups excluding carboxylic acids is 1. The first-order valence-electron chi connectivity index (χ1n) is 11.3. The maximum atomic E-state index is 12.5. The van der Waals surface area contributed by atoms with Crippen molar-refractivity contribution in [1.29, 1.82) is 0 Å². The minimum absolute atomic E-state index is 0.0257. The molecule has 1 saturated heterocycles. The molecule has 4 rings (SSSR count). The fourth-order valence-corrected chi connectivity index (χ4v) is 4.67. The lowest BCUT2D eigenvalue weighted by molar-refractivity contribution is -0.123. The number of likely N-dealkylation sites (tertiary alicyclic amines) is 1. The first kappa shape index (κ1) is 21.5. The summed E-state index contributed by atoms with van der Waals surface area (Å²) in [5, 5.41) is 3.10. The number of anilines is 1. The molecule has 6 nitrogen and oxygen atoms in total. The van der Waals surface area contributed by atoms with Gasteiger partial charge in [0.05, 0.1) is 13.2 Å². The molecule has 1 fully saturated rings. The minimum Gasteiger partial charge on any atom is -0.493 e. The number of carbonyl (C=O) groups is 1. The summed E-state index contributed by atoms with van der Waals surface area (Å²) in [6.07, 6.45) is 4.75. The number of hydrogen-bond donors (Lipinski definition) is 1. The molecule has 1 amide bonds. The van der Waals surface area contributed by atoms with Gasteiger partial charge in [0.2, 0.25) is 0 Å². The third kappa shape index (κ3) is 5.13. The van der Waals surface area contributed by atoms with E-state index in [9.17, 15) is 4.79 Å². The Kier molecular flexibility index (Phi) is 6.97. The number of rotatable bonds is 8. The van der Waals surface area contributed by atoms with Gasteiger partial charge in [-0.15, -0.1) is 0 Å². The standard InChI is InChI=1S/C25H33N3O3/c1-27-13-7-8-19-16-20(11-12-21(19)27)22(28-14-5-6-15-28)17-26-25(29)18-31-24-10-4-3-9-23(24)30-2/h3-4,9-12,16,22H,5-8,13-15,17-18H2,1-2H3,(H,26,29). The number of amides is 1. The van der Waals surface area contributed by atoms with Gasteiger partial charge in [-0.3, -0.25) is 9.69 Å². The van der Waals surface area contributed by atoms with Crippen molar-refractivity contribution in [1.82, 2.24) is 10.2 Å². The maximum absolute atomic E-state index is 12.5. The Morgan fingerprint density at radius 2 is 1.84 bits per heavy atom. The van der Waals surface area contributed by atoms with Gasteiger partial charge in [-0.1, -0.05) is 24.3 Å². The van der Waals surface area contributed by atoms with Crippen molar-refractivity contribution >= 4 is 11.6 Å². The van der Waals surface area contributed by atoms with Crippen molar-refractivity contribution in [2.45, 2.75) is 31.7 Å². The summed E-state index contributed by atoms with van der Waals surface area (Å²) in [5.41, 5.74) is 4.05. The maximum Gasteiger partial charge on any atom is 0.258 e. The largest absolute Gasteiger partial charge is 0.493 e. The molecular weight excluding hydrogens is 390 g/mol. The number of para-hydroxylation sites is 2. The number of benzene rings is 2. The lowest BCUT2D eigenvalue weighted by Gasteiger charge is -2.32. The van der Waals surface area contributed by atoms with Crippen LogP contribution in [0.5, 0.6) is 11.5 Å². The fourth-order valence-electron chi connectivity index (χ4n) is 4.67. The first-order chi connectivity index (χ1) is 15.2. The Hall–Kier alpha value is -2.73. The van der Waals surface area contributed by atoms with Crippen LogP contribution in [0.15, 0.2) is 42.5 Å². The summed E-state index contributed by atoms with van der Waals surface area (Å²) in [5.74, 6) is 1.09. The summed E-state index contributed by atoms with van der Waals surface area (Å²) in [6.45, 7) is 3.83. The number of nitrogens with zero attached hydrogens (tertiary/aromatic N) is 2. The second kappa shape index (κ2) is 10.1. The highest BCUT2D eigenvalue weighted by Gasteiger charge is 2.25. The van der Waals surface area contributed by atoms with Crippen LogP contribution in [0.4, 0.5) is 5.69 Å². The molecule has 31 heavy (non-hydrogen) atoms. The van der Waals surface area contributed by atoms with Crippen LogP contribution < -0.4 is 19.7 Å². The number of nitrogens with one attached hydrogen (secondary N) is 1. The highest BCUT2D eigenvalue weighted by atomic mass is 16.5. The van der Waals surface area contributed by atoms with E-state index < -0.39 is 0 Å². The zero-order valence-corrected chi connectivity index (χ0v) is 18.6. The molecule has 0 radical (unpaired) electrons. The highest BCUT2D eigenvalue weighted by molar-refractivity contribution is 5.77. The van der Waals surface area contributed by atoms with Crippen molar-refractivity contribution in [3.63, 3.8) is 0 Å². The number of methoxy groups -OCH3 is 1. The third-order valence-electron chi connectivity index (χ3n) is 6.34. The van der Waals surface area contributed by atoms with E-state index in [-0.39, 0.29) is 18.6 Å². The normalized spacial score (nSPS) is 17.2. The second-order valence-corrected chi connectivity index (χ2v) is 8.42. The molecule has 2 aromatic carbocycles. The van der Waals surface area contributed by atoms with Gasteiger partial charge < -0.3 is 19.7 Å². The summed E-state index contributed by atoms with van der Waals surface area (Å²) in [7, 11) is 3.76.